The van der Waals surface area contributed by atoms with Crippen molar-refractivity contribution in [3.8, 4) is 0 Å². The van der Waals surface area contributed by atoms with E-state index < -0.39 is 0 Å². The third kappa shape index (κ3) is 2.54. The molecule has 5 heteroatoms. The predicted molar refractivity (Wildman–Crippen MR) is 66.2 cm³/mol. The summed E-state index contributed by atoms with van der Waals surface area (Å²) in [6, 6.07) is 3.89. The van der Waals surface area contributed by atoms with Crippen molar-refractivity contribution < 1.29 is 0 Å². The van der Waals surface area contributed by atoms with E-state index in [9.17, 15) is 0 Å². The summed E-state index contributed by atoms with van der Waals surface area (Å²) in [7, 11) is 2.01. The molecule has 2 aromatic heterocycles. The van der Waals surface area contributed by atoms with Crippen LogP contribution in [0.4, 0.5) is 5.82 Å². The molecule has 0 aromatic carbocycles. The second-order valence-corrected chi connectivity index (χ2v) is 4.72. The first-order valence-electron chi connectivity index (χ1n) is 4.46. The zero-order chi connectivity index (χ0) is 10.7. The lowest BCUT2D eigenvalue weighted by Crippen LogP contribution is -2.18. The number of rotatable bonds is 3. The summed E-state index contributed by atoms with van der Waals surface area (Å²) in [6.07, 6.45) is 1.79. The van der Waals surface area contributed by atoms with E-state index in [2.05, 4.69) is 30.8 Å². The highest BCUT2D eigenvalue weighted by atomic mass is 79.9. The molecule has 0 spiro atoms. The summed E-state index contributed by atoms with van der Waals surface area (Å²) in [5, 5.41) is 2.05. The maximum atomic E-state index is 4.31. The standard InChI is InChI=1S/C10H10BrN3S/c1-14(5-8-6-15-7-13-8)10-9(11)3-2-4-12-10/h2-4,6-7H,5H2,1H3. The Morgan fingerprint density at radius 1 is 1.47 bits per heavy atom. The first kappa shape index (κ1) is 10.6. The zero-order valence-corrected chi connectivity index (χ0v) is 10.6. The number of hydrogen-bond acceptors (Lipinski definition) is 4. The molecular formula is C10H10BrN3S. The van der Waals surface area contributed by atoms with Crippen LogP contribution >= 0.6 is 27.3 Å². The Bertz CT molecular complexity index is 430. The summed E-state index contributed by atoms with van der Waals surface area (Å²) in [5.74, 6) is 0.936. The third-order valence-electron chi connectivity index (χ3n) is 1.98. The van der Waals surface area contributed by atoms with Gasteiger partial charge in [-0.25, -0.2) is 9.97 Å². The predicted octanol–water partition coefficient (Wildman–Crippen LogP) is 2.94. The summed E-state index contributed by atoms with van der Waals surface area (Å²) in [5.41, 5.74) is 2.91. The minimum absolute atomic E-state index is 0.777. The molecule has 0 fully saturated rings. The highest BCUT2D eigenvalue weighted by Gasteiger charge is 2.07. The largest absolute Gasteiger partial charge is 0.353 e. The Morgan fingerprint density at radius 3 is 3.00 bits per heavy atom. The van der Waals surface area contributed by atoms with Gasteiger partial charge >= 0.3 is 0 Å². The van der Waals surface area contributed by atoms with Gasteiger partial charge < -0.3 is 4.90 Å². The van der Waals surface area contributed by atoms with Crippen molar-refractivity contribution in [2.75, 3.05) is 11.9 Å². The molecule has 0 N–H and O–H groups in total. The molecule has 3 nitrogen and oxygen atoms in total. The van der Waals surface area contributed by atoms with Crippen molar-refractivity contribution >= 4 is 33.1 Å². The van der Waals surface area contributed by atoms with Crippen LogP contribution < -0.4 is 4.90 Å². The Morgan fingerprint density at radius 2 is 2.33 bits per heavy atom. The summed E-state index contributed by atoms with van der Waals surface area (Å²) >= 11 is 5.09. The molecule has 0 aliphatic rings. The minimum Gasteiger partial charge on any atom is -0.353 e. The van der Waals surface area contributed by atoms with Gasteiger partial charge in [0.15, 0.2) is 0 Å². The van der Waals surface area contributed by atoms with Gasteiger partial charge in [0.1, 0.15) is 5.82 Å². The van der Waals surface area contributed by atoms with Crippen LogP contribution in [0.25, 0.3) is 0 Å². The second-order valence-electron chi connectivity index (χ2n) is 3.14. The van der Waals surface area contributed by atoms with Crippen molar-refractivity contribution in [3.63, 3.8) is 0 Å². The number of thiazole rings is 1. The molecule has 2 heterocycles. The molecule has 0 bridgehead atoms. The van der Waals surface area contributed by atoms with Gasteiger partial charge in [-0.15, -0.1) is 11.3 Å². The van der Waals surface area contributed by atoms with Crippen molar-refractivity contribution in [2.45, 2.75) is 6.54 Å². The molecule has 15 heavy (non-hydrogen) atoms. The van der Waals surface area contributed by atoms with Crippen LogP contribution in [0.2, 0.25) is 0 Å². The number of anilines is 1. The quantitative estimate of drug-likeness (QED) is 0.867. The number of pyridine rings is 1. The van der Waals surface area contributed by atoms with Gasteiger partial charge in [-0.3, -0.25) is 0 Å². The van der Waals surface area contributed by atoms with E-state index in [1.54, 1.807) is 17.5 Å². The van der Waals surface area contributed by atoms with E-state index >= 15 is 0 Å². The van der Waals surface area contributed by atoms with Gasteiger partial charge in [-0.1, -0.05) is 0 Å². The Labute approximate surface area is 101 Å². The van der Waals surface area contributed by atoms with Crippen LogP contribution in [0, 0.1) is 0 Å². The molecule has 2 aromatic rings. The molecule has 0 aliphatic heterocycles. The van der Waals surface area contributed by atoms with E-state index in [-0.39, 0.29) is 0 Å². The molecule has 0 unspecified atom stereocenters. The van der Waals surface area contributed by atoms with E-state index in [4.69, 9.17) is 0 Å². The fourth-order valence-electron chi connectivity index (χ4n) is 1.29. The molecule has 0 saturated heterocycles. The van der Waals surface area contributed by atoms with Crippen LogP contribution in [0.15, 0.2) is 33.7 Å². The van der Waals surface area contributed by atoms with Crippen LogP contribution in [0.1, 0.15) is 5.69 Å². The summed E-state index contributed by atoms with van der Waals surface area (Å²) in [4.78, 5) is 10.6. The lowest BCUT2D eigenvalue weighted by molar-refractivity contribution is 0.871. The molecule has 0 radical (unpaired) electrons. The van der Waals surface area contributed by atoms with Gasteiger partial charge in [0.05, 0.1) is 22.2 Å². The van der Waals surface area contributed by atoms with Crippen LogP contribution in [0.3, 0.4) is 0 Å². The summed E-state index contributed by atoms with van der Waals surface area (Å²) < 4.78 is 1.00. The van der Waals surface area contributed by atoms with Crippen molar-refractivity contribution in [3.05, 3.63) is 39.4 Å². The van der Waals surface area contributed by atoms with Gasteiger partial charge in [0.25, 0.3) is 0 Å². The Hall–Kier alpha value is -0.940. The van der Waals surface area contributed by atoms with Crippen molar-refractivity contribution in [2.24, 2.45) is 0 Å². The second kappa shape index (κ2) is 4.72. The third-order valence-corrected chi connectivity index (χ3v) is 3.24. The number of hydrogen-bond donors (Lipinski definition) is 0. The first-order valence-corrected chi connectivity index (χ1v) is 6.19. The van der Waals surface area contributed by atoms with E-state index in [1.165, 1.54) is 0 Å². The van der Waals surface area contributed by atoms with Crippen molar-refractivity contribution in [1.82, 2.24) is 9.97 Å². The highest BCUT2D eigenvalue weighted by molar-refractivity contribution is 9.10. The van der Waals surface area contributed by atoms with Gasteiger partial charge in [0, 0.05) is 18.6 Å². The van der Waals surface area contributed by atoms with E-state index in [1.807, 2.05) is 30.1 Å². The topological polar surface area (TPSA) is 29.0 Å². The maximum Gasteiger partial charge on any atom is 0.142 e. The van der Waals surface area contributed by atoms with E-state index in [0.29, 0.717) is 0 Å². The van der Waals surface area contributed by atoms with Gasteiger partial charge in [-0.05, 0) is 28.1 Å². The van der Waals surface area contributed by atoms with Gasteiger partial charge in [0.2, 0.25) is 0 Å². The summed E-state index contributed by atoms with van der Waals surface area (Å²) in [6.45, 7) is 0.777. The fraction of sp³-hybridized carbons (Fsp3) is 0.200. The molecule has 0 amide bonds. The molecule has 0 saturated carbocycles. The number of halogens is 1. The lowest BCUT2D eigenvalue weighted by Gasteiger charge is -2.17. The maximum absolute atomic E-state index is 4.31. The van der Waals surface area contributed by atoms with E-state index in [0.717, 1.165) is 22.5 Å². The average molecular weight is 284 g/mol. The minimum atomic E-state index is 0.777. The Balaban J connectivity index is 2.15. The molecule has 78 valence electrons. The Kier molecular flexibility index (Phi) is 3.33. The lowest BCUT2D eigenvalue weighted by atomic mass is 10.4. The normalized spacial score (nSPS) is 10.3. The first-order chi connectivity index (χ1) is 7.27. The van der Waals surface area contributed by atoms with Crippen LogP contribution in [-0.2, 0) is 6.54 Å². The smallest absolute Gasteiger partial charge is 0.142 e. The SMILES string of the molecule is CN(Cc1cscn1)c1ncccc1Br. The van der Waals surface area contributed by atoms with Crippen LogP contribution in [-0.4, -0.2) is 17.0 Å². The molecule has 2 rings (SSSR count). The highest BCUT2D eigenvalue weighted by Crippen LogP contribution is 2.22. The molecule has 0 atom stereocenters. The zero-order valence-electron chi connectivity index (χ0n) is 8.22. The fourth-order valence-corrected chi connectivity index (χ4v) is 2.40. The number of aromatic nitrogens is 2. The molecule has 0 aliphatic carbocycles. The average Bonchev–Trinajstić information content (AvgIpc) is 2.71. The monoisotopic (exact) mass is 283 g/mol. The molecular weight excluding hydrogens is 274 g/mol. The van der Waals surface area contributed by atoms with Crippen molar-refractivity contribution in [1.29, 1.82) is 0 Å². The van der Waals surface area contributed by atoms with Crippen LogP contribution in [0.5, 0.6) is 0 Å². The van der Waals surface area contributed by atoms with Gasteiger partial charge in [-0.2, -0.15) is 0 Å². The number of nitrogens with zero attached hydrogens (tertiary/aromatic N) is 3.